The second kappa shape index (κ2) is 9.82. The van der Waals surface area contributed by atoms with Gasteiger partial charge in [0.25, 0.3) is 0 Å². The summed E-state index contributed by atoms with van der Waals surface area (Å²) in [5.41, 5.74) is 1.06. The Morgan fingerprint density at radius 3 is 2.74 bits per heavy atom. The van der Waals surface area contributed by atoms with Crippen molar-refractivity contribution >= 4 is 17.5 Å². The number of unbranched alkanes of at least 4 members (excludes halogenated alkanes) is 2. The predicted molar refractivity (Wildman–Crippen MR) is 80.3 cm³/mol. The van der Waals surface area contributed by atoms with Crippen LogP contribution in [0, 0.1) is 0 Å². The lowest BCUT2D eigenvalue weighted by molar-refractivity contribution is -0.121. The molecule has 4 heteroatoms. The van der Waals surface area contributed by atoms with E-state index < -0.39 is 0 Å². The Bertz CT molecular complexity index is 382. The van der Waals surface area contributed by atoms with Gasteiger partial charge < -0.3 is 10.6 Å². The molecule has 0 unspecified atom stereocenters. The fourth-order valence-electron chi connectivity index (χ4n) is 1.76. The highest BCUT2D eigenvalue weighted by Crippen LogP contribution is 2.14. The molecule has 0 radical (unpaired) electrons. The number of carbonyl (C=O) groups excluding carboxylic acids is 1. The number of hydrogen-bond donors (Lipinski definition) is 2. The molecule has 2 N–H and O–H groups in total. The van der Waals surface area contributed by atoms with Gasteiger partial charge in [0.05, 0.1) is 0 Å². The van der Waals surface area contributed by atoms with Crippen molar-refractivity contribution in [3.63, 3.8) is 0 Å². The number of rotatable bonds is 9. The number of amides is 1. The van der Waals surface area contributed by atoms with E-state index in [-0.39, 0.29) is 5.91 Å². The maximum Gasteiger partial charge on any atom is 0.221 e. The van der Waals surface area contributed by atoms with Crippen LogP contribution in [0.3, 0.4) is 0 Å². The number of hydrogen-bond acceptors (Lipinski definition) is 2. The molecule has 1 amide bonds. The van der Waals surface area contributed by atoms with E-state index in [2.05, 4.69) is 17.6 Å². The van der Waals surface area contributed by atoms with Gasteiger partial charge in [0.2, 0.25) is 5.91 Å². The van der Waals surface area contributed by atoms with Gasteiger partial charge in [0, 0.05) is 31.1 Å². The largest absolute Gasteiger partial charge is 0.356 e. The van der Waals surface area contributed by atoms with Gasteiger partial charge in [-0.15, -0.1) is 0 Å². The van der Waals surface area contributed by atoms with E-state index in [1.165, 1.54) is 12.8 Å². The van der Waals surface area contributed by atoms with Crippen molar-refractivity contribution in [1.82, 2.24) is 10.6 Å². The van der Waals surface area contributed by atoms with Crippen LogP contribution in [0.25, 0.3) is 0 Å². The van der Waals surface area contributed by atoms with Crippen molar-refractivity contribution < 1.29 is 4.79 Å². The first kappa shape index (κ1) is 16.0. The van der Waals surface area contributed by atoms with Crippen LogP contribution in [0.4, 0.5) is 0 Å². The zero-order chi connectivity index (χ0) is 13.9. The lowest BCUT2D eigenvalue weighted by Gasteiger charge is -2.07. The molecule has 0 heterocycles. The highest BCUT2D eigenvalue weighted by molar-refractivity contribution is 6.31. The van der Waals surface area contributed by atoms with Gasteiger partial charge in [-0.3, -0.25) is 4.79 Å². The molecule has 1 rings (SSSR count). The third-order valence-electron chi connectivity index (χ3n) is 2.90. The monoisotopic (exact) mass is 282 g/mol. The summed E-state index contributed by atoms with van der Waals surface area (Å²) in [6, 6.07) is 7.73. The summed E-state index contributed by atoms with van der Waals surface area (Å²) in [6.07, 6.45) is 3.92. The summed E-state index contributed by atoms with van der Waals surface area (Å²) in [5, 5.41) is 6.92. The maximum absolute atomic E-state index is 11.5. The lowest BCUT2D eigenvalue weighted by atomic mass is 10.2. The van der Waals surface area contributed by atoms with Crippen molar-refractivity contribution in [1.29, 1.82) is 0 Å². The van der Waals surface area contributed by atoms with Crippen LogP contribution in [0.5, 0.6) is 0 Å². The van der Waals surface area contributed by atoms with Crippen LogP contribution in [-0.4, -0.2) is 19.0 Å². The molecule has 0 aliphatic carbocycles. The SMILES string of the molecule is CCCCCNC(=O)CCNCc1ccccc1Cl. The van der Waals surface area contributed by atoms with Crippen LogP contribution in [-0.2, 0) is 11.3 Å². The van der Waals surface area contributed by atoms with Crippen LogP contribution in [0.1, 0.15) is 38.2 Å². The molecule has 0 bridgehead atoms. The average molecular weight is 283 g/mol. The van der Waals surface area contributed by atoms with Crippen LogP contribution in [0.15, 0.2) is 24.3 Å². The predicted octanol–water partition coefficient (Wildman–Crippen LogP) is 3.13. The molecule has 0 aliphatic heterocycles. The molecular weight excluding hydrogens is 260 g/mol. The van der Waals surface area contributed by atoms with E-state index >= 15 is 0 Å². The van der Waals surface area contributed by atoms with Crippen LogP contribution in [0.2, 0.25) is 5.02 Å². The first-order valence-electron chi connectivity index (χ1n) is 6.95. The number of halogens is 1. The molecule has 0 fully saturated rings. The first-order chi connectivity index (χ1) is 9.24. The van der Waals surface area contributed by atoms with Gasteiger partial charge in [0.1, 0.15) is 0 Å². The Labute approximate surface area is 120 Å². The summed E-state index contributed by atoms with van der Waals surface area (Å²) in [6.45, 7) is 4.31. The van der Waals surface area contributed by atoms with Crippen molar-refractivity contribution in [2.24, 2.45) is 0 Å². The molecule has 1 aromatic carbocycles. The fraction of sp³-hybridized carbons (Fsp3) is 0.533. The molecule has 0 saturated carbocycles. The molecule has 0 aromatic heterocycles. The van der Waals surface area contributed by atoms with Crippen LogP contribution >= 0.6 is 11.6 Å². The maximum atomic E-state index is 11.5. The summed E-state index contributed by atoms with van der Waals surface area (Å²) in [4.78, 5) is 11.5. The van der Waals surface area contributed by atoms with Crippen molar-refractivity contribution in [3.8, 4) is 0 Å². The highest BCUT2D eigenvalue weighted by atomic mass is 35.5. The third kappa shape index (κ3) is 7.19. The van der Waals surface area contributed by atoms with E-state index in [4.69, 9.17) is 11.6 Å². The van der Waals surface area contributed by atoms with E-state index in [1.807, 2.05) is 24.3 Å². The van der Waals surface area contributed by atoms with Gasteiger partial charge >= 0.3 is 0 Å². The molecule has 19 heavy (non-hydrogen) atoms. The number of benzene rings is 1. The van der Waals surface area contributed by atoms with Crippen molar-refractivity contribution in [2.75, 3.05) is 13.1 Å². The molecule has 0 saturated heterocycles. The zero-order valence-electron chi connectivity index (χ0n) is 11.5. The Morgan fingerprint density at radius 1 is 1.21 bits per heavy atom. The Balaban J connectivity index is 2.07. The summed E-state index contributed by atoms with van der Waals surface area (Å²) < 4.78 is 0. The minimum Gasteiger partial charge on any atom is -0.356 e. The molecule has 3 nitrogen and oxygen atoms in total. The first-order valence-corrected chi connectivity index (χ1v) is 7.32. The van der Waals surface area contributed by atoms with Gasteiger partial charge in [0.15, 0.2) is 0 Å². The van der Waals surface area contributed by atoms with E-state index in [0.717, 1.165) is 23.6 Å². The van der Waals surface area contributed by atoms with Gasteiger partial charge in [-0.1, -0.05) is 49.6 Å². The molecule has 0 aliphatic rings. The lowest BCUT2D eigenvalue weighted by Crippen LogP contribution is -2.28. The Hall–Kier alpha value is -1.06. The van der Waals surface area contributed by atoms with Crippen LogP contribution < -0.4 is 10.6 Å². The smallest absolute Gasteiger partial charge is 0.221 e. The summed E-state index contributed by atoms with van der Waals surface area (Å²) >= 11 is 6.04. The van der Waals surface area contributed by atoms with Crippen molar-refractivity contribution in [2.45, 2.75) is 39.2 Å². The molecular formula is C15H23ClN2O. The molecule has 0 atom stereocenters. The van der Waals surface area contributed by atoms with Gasteiger partial charge in [-0.2, -0.15) is 0 Å². The van der Waals surface area contributed by atoms with E-state index in [9.17, 15) is 4.79 Å². The quantitative estimate of drug-likeness (QED) is 0.683. The number of carbonyl (C=O) groups is 1. The van der Waals surface area contributed by atoms with E-state index in [0.29, 0.717) is 19.5 Å². The minimum atomic E-state index is 0.114. The highest BCUT2D eigenvalue weighted by Gasteiger charge is 2.01. The zero-order valence-corrected chi connectivity index (χ0v) is 12.3. The topological polar surface area (TPSA) is 41.1 Å². The Kier molecular flexibility index (Phi) is 8.26. The van der Waals surface area contributed by atoms with Gasteiger partial charge in [-0.05, 0) is 18.1 Å². The Morgan fingerprint density at radius 2 is 2.00 bits per heavy atom. The normalized spacial score (nSPS) is 10.4. The van der Waals surface area contributed by atoms with Crippen molar-refractivity contribution in [3.05, 3.63) is 34.9 Å². The fourth-order valence-corrected chi connectivity index (χ4v) is 1.96. The molecule has 106 valence electrons. The molecule has 1 aromatic rings. The summed E-state index contributed by atoms with van der Waals surface area (Å²) in [7, 11) is 0. The third-order valence-corrected chi connectivity index (χ3v) is 3.27. The molecule has 0 spiro atoms. The second-order valence-electron chi connectivity index (χ2n) is 4.58. The van der Waals surface area contributed by atoms with Gasteiger partial charge in [-0.25, -0.2) is 0 Å². The van der Waals surface area contributed by atoms with E-state index in [1.54, 1.807) is 0 Å². The second-order valence-corrected chi connectivity index (χ2v) is 4.98. The average Bonchev–Trinajstić information content (AvgIpc) is 2.41. The number of nitrogens with one attached hydrogen (secondary N) is 2. The summed E-state index contributed by atoms with van der Waals surface area (Å²) in [5.74, 6) is 0.114. The standard InChI is InChI=1S/C15H23ClN2O/c1-2-3-6-10-18-15(19)9-11-17-12-13-7-4-5-8-14(13)16/h4-5,7-8,17H,2-3,6,9-12H2,1H3,(H,18,19). The minimum absolute atomic E-state index is 0.114.